The van der Waals surface area contributed by atoms with Gasteiger partial charge in [-0.1, -0.05) is 24.3 Å². The number of rotatable bonds is 7. The van der Waals surface area contributed by atoms with Crippen molar-refractivity contribution >= 4 is 5.91 Å². The second-order valence-corrected chi connectivity index (χ2v) is 6.20. The van der Waals surface area contributed by atoms with E-state index in [-0.39, 0.29) is 5.91 Å². The van der Waals surface area contributed by atoms with Gasteiger partial charge in [0.2, 0.25) is 5.91 Å². The van der Waals surface area contributed by atoms with Crippen molar-refractivity contribution in [2.45, 2.75) is 32.4 Å². The van der Waals surface area contributed by atoms with E-state index in [1.54, 1.807) is 6.20 Å². The first-order valence-corrected chi connectivity index (χ1v) is 8.32. The number of carbonyl (C=O) groups is 1. The second kappa shape index (κ2) is 7.92. The molecular formula is C18H24N4O. The van der Waals surface area contributed by atoms with Crippen molar-refractivity contribution in [3.63, 3.8) is 0 Å². The molecule has 2 N–H and O–H groups in total. The van der Waals surface area contributed by atoms with Gasteiger partial charge in [-0.05, 0) is 49.0 Å². The minimum Gasteiger partial charge on any atom is -0.352 e. The van der Waals surface area contributed by atoms with Crippen molar-refractivity contribution in [2.75, 3.05) is 13.1 Å². The Morgan fingerprint density at radius 1 is 1.35 bits per heavy atom. The molecule has 0 bridgehead atoms. The molecule has 122 valence electrons. The largest absolute Gasteiger partial charge is 0.352 e. The molecule has 1 aromatic heterocycles. The molecule has 5 heteroatoms. The Morgan fingerprint density at radius 3 is 3.04 bits per heavy atom. The number of amides is 1. The summed E-state index contributed by atoms with van der Waals surface area (Å²) in [5, 5.41) is 10.6. The lowest BCUT2D eigenvalue weighted by Gasteiger charge is -2.10. The van der Waals surface area contributed by atoms with Crippen LogP contribution in [0.5, 0.6) is 0 Å². The van der Waals surface area contributed by atoms with E-state index < -0.39 is 0 Å². The zero-order valence-electron chi connectivity index (χ0n) is 13.4. The van der Waals surface area contributed by atoms with Gasteiger partial charge in [0.1, 0.15) is 0 Å². The number of hydrogen-bond donors (Lipinski definition) is 2. The fourth-order valence-electron chi connectivity index (χ4n) is 3.00. The van der Waals surface area contributed by atoms with Gasteiger partial charge in [0.05, 0.1) is 6.54 Å². The average molecular weight is 312 g/mol. The number of benzene rings is 1. The van der Waals surface area contributed by atoms with Crippen LogP contribution >= 0.6 is 0 Å². The first kappa shape index (κ1) is 15.7. The van der Waals surface area contributed by atoms with Crippen molar-refractivity contribution < 1.29 is 4.79 Å². The van der Waals surface area contributed by atoms with Gasteiger partial charge < -0.3 is 10.6 Å². The molecule has 1 aromatic carbocycles. The van der Waals surface area contributed by atoms with E-state index in [2.05, 4.69) is 27.9 Å². The van der Waals surface area contributed by atoms with Crippen molar-refractivity contribution in [1.29, 1.82) is 0 Å². The number of hydrogen-bond acceptors (Lipinski definition) is 3. The maximum absolute atomic E-state index is 12.0. The van der Waals surface area contributed by atoms with E-state index in [4.69, 9.17) is 0 Å². The Bertz CT molecular complexity index is 618. The van der Waals surface area contributed by atoms with E-state index in [1.165, 1.54) is 12.0 Å². The highest BCUT2D eigenvalue weighted by Crippen LogP contribution is 2.14. The highest BCUT2D eigenvalue weighted by molar-refractivity contribution is 5.75. The van der Waals surface area contributed by atoms with Crippen molar-refractivity contribution in [3.8, 4) is 0 Å². The van der Waals surface area contributed by atoms with Crippen LogP contribution in [0.3, 0.4) is 0 Å². The third-order valence-electron chi connectivity index (χ3n) is 4.33. The van der Waals surface area contributed by atoms with Crippen LogP contribution in [0.1, 0.15) is 30.4 Å². The van der Waals surface area contributed by atoms with Crippen LogP contribution in [-0.4, -0.2) is 28.8 Å². The summed E-state index contributed by atoms with van der Waals surface area (Å²) >= 11 is 0. The highest BCUT2D eigenvalue weighted by Gasteiger charge is 2.15. The van der Waals surface area contributed by atoms with E-state index in [0.717, 1.165) is 31.6 Å². The van der Waals surface area contributed by atoms with Crippen molar-refractivity contribution in [2.24, 2.45) is 5.92 Å². The van der Waals surface area contributed by atoms with Gasteiger partial charge in [-0.2, -0.15) is 5.10 Å². The van der Waals surface area contributed by atoms with E-state index in [1.807, 2.05) is 29.1 Å². The molecule has 1 aliphatic heterocycles. The molecule has 1 unspecified atom stereocenters. The molecule has 2 aromatic rings. The summed E-state index contributed by atoms with van der Waals surface area (Å²) in [6.45, 7) is 3.50. The molecule has 1 atom stereocenters. The normalized spacial score (nSPS) is 17.3. The Morgan fingerprint density at radius 2 is 2.26 bits per heavy atom. The molecule has 1 amide bonds. The number of aromatic nitrogens is 2. The summed E-state index contributed by atoms with van der Waals surface area (Å²) in [6.07, 6.45) is 6.54. The summed E-state index contributed by atoms with van der Waals surface area (Å²) in [5.74, 6) is 0.813. The molecule has 1 saturated heterocycles. The molecule has 5 nitrogen and oxygen atoms in total. The number of nitrogens with zero attached hydrogens (tertiary/aromatic N) is 2. The minimum atomic E-state index is 0.148. The Labute approximate surface area is 137 Å². The maximum atomic E-state index is 12.0. The highest BCUT2D eigenvalue weighted by atomic mass is 16.1. The predicted octanol–water partition coefficient (Wildman–Crippen LogP) is 1.94. The summed E-state index contributed by atoms with van der Waals surface area (Å²) < 4.78 is 1.90. The number of carbonyl (C=O) groups excluding carboxylic acids is 1. The van der Waals surface area contributed by atoms with Crippen LogP contribution in [0.4, 0.5) is 0 Å². The maximum Gasteiger partial charge on any atom is 0.220 e. The minimum absolute atomic E-state index is 0.148. The Hall–Kier alpha value is -2.14. The molecular weight excluding hydrogens is 288 g/mol. The SMILES string of the molecule is O=C(CCC1CCNC1)NCc1cccc(Cn2cccn2)c1. The summed E-state index contributed by atoms with van der Waals surface area (Å²) in [6, 6.07) is 10.2. The third-order valence-corrected chi connectivity index (χ3v) is 4.33. The van der Waals surface area contributed by atoms with E-state index >= 15 is 0 Å². The van der Waals surface area contributed by atoms with Gasteiger partial charge in [-0.3, -0.25) is 9.48 Å². The fourth-order valence-corrected chi connectivity index (χ4v) is 3.00. The molecule has 0 saturated carbocycles. The van der Waals surface area contributed by atoms with Crippen LogP contribution < -0.4 is 10.6 Å². The lowest BCUT2D eigenvalue weighted by Crippen LogP contribution is -2.23. The van der Waals surface area contributed by atoms with Crippen molar-refractivity contribution in [3.05, 3.63) is 53.9 Å². The standard InChI is InChI=1S/C18H24N4O/c23-18(6-5-15-7-9-19-12-15)20-13-16-3-1-4-17(11-16)14-22-10-2-8-21-22/h1-4,8,10-11,15,19H,5-7,9,12-14H2,(H,20,23). The predicted molar refractivity (Wildman–Crippen MR) is 89.8 cm³/mol. The second-order valence-electron chi connectivity index (χ2n) is 6.20. The van der Waals surface area contributed by atoms with E-state index in [9.17, 15) is 4.79 Å². The van der Waals surface area contributed by atoms with Gasteiger partial charge in [-0.25, -0.2) is 0 Å². The van der Waals surface area contributed by atoms with Crippen molar-refractivity contribution in [1.82, 2.24) is 20.4 Å². The molecule has 2 heterocycles. The summed E-state index contributed by atoms with van der Waals surface area (Å²) in [5.41, 5.74) is 2.32. The summed E-state index contributed by atoms with van der Waals surface area (Å²) in [7, 11) is 0. The fraction of sp³-hybridized carbons (Fsp3) is 0.444. The quantitative estimate of drug-likeness (QED) is 0.821. The molecule has 0 spiro atoms. The van der Waals surface area contributed by atoms with Gasteiger partial charge in [0, 0.05) is 25.4 Å². The average Bonchev–Trinajstić information content (AvgIpc) is 3.25. The van der Waals surface area contributed by atoms with Gasteiger partial charge in [0.25, 0.3) is 0 Å². The molecule has 1 aliphatic rings. The first-order chi connectivity index (χ1) is 11.3. The molecule has 0 radical (unpaired) electrons. The summed E-state index contributed by atoms with van der Waals surface area (Å²) in [4.78, 5) is 12.0. The molecule has 23 heavy (non-hydrogen) atoms. The van der Waals surface area contributed by atoms with Crippen LogP contribution in [0, 0.1) is 5.92 Å². The van der Waals surface area contributed by atoms with E-state index in [0.29, 0.717) is 18.9 Å². The van der Waals surface area contributed by atoms with Crippen LogP contribution in [0.15, 0.2) is 42.7 Å². The van der Waals surface area contributed by atoms with Crippen LogP contribution in [-0.2, 0) is 17.9 Å². The molecule has 3 rings (SSSR count). The zero-order chi connectivity index (χ0) is 15.9. The first-order valence-electron chi connectivity index (χ1n) is 8.32. The zero-order valence-corrected chi connectivity index (χ0v) is 13.4. The van der Waals surface area contributed by atoms with Gasteiger partial charge >= 0.3 is 0 Å². The monoisotopic (exact) mass is 312 g/mol. The lowest BCUT2D eigenvalue weighted by molar-refractivity contribution is -0.121. The van der Waals surface area contributed by atoms with Crippen LogP contribution in [0.25, 0.3) is 0 Å². The number of nitrogens with one attached hydrogen (secondary N) is 2. The lowest BCUT2D eigenvalue weighted by atomic mass is 10.0. The van der Waals surface area contributed by atoms with Gasteiger partial charge in [-0.15, -0.1) is 0 Å². The molecule has 1 fully saturated rings. The van der Waals surface area contributed by atoms with Gasteiger partial charge in [0.15, 0.2) is 0 Å². The topological polar surface area (TPSA) is 59.0 Å². The Kier molecular flexibility index (Phi) is 5.42. The third kappa shape index (κ3) is 4.93. The Balaban J connectivity index is 1.44. The smallest absolute Gasteiger partial charge is 0.220 e. The van der Waals surface area contributed by atoms with Crippen LogP contribution in [0.2, 0.25) is 0 Å². The molecule has 0 aliphatic carbocycles.